The van der Waals surface area contributed by atoms with Crippen LogP contribution < -0.4 is 15.0 Å². The Bertz CT molecular complexity index is 1350. The molecule has 1 aliphatic rings. The molecule has 0 aliphatic carbocycles. The first-order chi connectivity index (χ1) is 18.5. The number of carbonyl (C=O) groups excluding carboxylic acids is 2. The number of anilines is 1. The van der Waals surface area contributed by atoms with Gasteiger partial charge in [-0.15, -0.1) is 13.2 Å². The summed E-state index contributed by atoms with van der Waals surface area (Å²) < 4.78 is 75.2. The Kier molecular flexibility index (Phi) is 9.50. The second-order valence-electron chi connectivity index (χ2n) is 10.2. The Balaban J connectivity index is 1.94. The van der Waals surface area contributed by atoms with E-state index in [0.29, 0.717) is 27.9 Å². The number of ether oxygens (including phenoxy) is 2. The number of alkyl carbamates (subject to hydrolysis) is 1. The first-order valence-electron chi connectivity index (χ1n) is 12.4. The maximum atomic E-state index is 13.6. The Morgan fingerprint density at radius 1 is 1.15 bits per heavy atom. The summed E-state index contributed by atoms with van der Waals surface area (Å²) in [5.74, 6) is -2.14. The van der Waals surface area contributed by atoms with Gasteiger partial charge >= 0.3 is 12.5 Å². The van der Waals surface area contributed by atoms with Gasteiger partial charge in [0.25, 0.3) is 5.91 Å². The van der Waals surface area contributed by atoms with Gasteiger partial charge in [0, 0.05) is 35.4 Å². The van der Waals surface area contributed by atoms with E-state index < -0.39 is 45.5 Å². The standard InChI is InChI=1S/C26H31ClF3N3O6S/c1-5-40(36,37)33(15-17-7-6-8-19(27)11-17)23(34)18-12-21(14-22(13-18)38-26(28,29)30)32-10-9-20(16-32)31-24(35)39-25(2,3)4/h6-8,11-14,20H,5,9-10,15-16H2,1-4H3,(H,31,35). The van der Waals surface area contributed by atoms with Crippen molar-refractivity contribution in [2.45, 2.75) is 58.7 Å². The normalized spacial score (nSPS) is 16.0. The molecule has 2 amide bonds. The largest absolute Gasteiger partial charge is 0.573 e. The first-order valence-corrected chi connectivity index (χ1v) is 14.4. The molecule has 0 saturated carbocycles. The summed E-state index contributed by atoms with van der Waals surface area (Å²) >= 11 is 6.01. The molecule has 1 atom stereocenters. The minimum atomic E-state index is -5.05. The fourth-order valence-electron chi connectivity index (χ4n) is 4.07. The molecule has 1 unspecified atom stereocenters. The van der Waals surface area contributed by atoms with Gasteiger partial charge in [0.2, 0.25) is 10.0 Å². The van der Waals surface area contributed by atoms with Crippen LogP contribution in [0.2, 0.25) is 5.02 Å². The zero-order valence-corrected chi connectivity index (χ0v) is 24.0. The Morgan fingerprint density at radius 2 is 1.85 bits per heavy atom. The molecule has 14 heteroatoms. The van der Waals surface area contributed by atoms with Crippen LogP contribution in [-0.4, -0.2) is 61.6 Å². The third-order valence-electron chi connectivity index (χ3n) is 5.79. The van der Waals surface area contributed by atoms with E-state index in [1.165, 1.54) is 19.1 Å². The fraction of sp³-hybridized carbons (Fsp3) is 0.462. The van der Waals surface area contributed by atoms with Gasteiger partial charge in [0.15, 0.2) is 0 Å². The van der Waals surface area contributed by atoms with E-state index in [2.05, 4.69) is 10.1 Å². The first kappa shape index (κ1) is 31.3. The van der Waals surface area contributed by atoms with Crippen molar-refractivity contribution < 1.29 is 40.7 Å². The van der Waals surface area contributed by atoms with Gasteiger partial charge in [-0.25, -0.2) is 17.5 Å². The number of amides is 2. The van der Waals surface area contributed by atoms with Crippen LogP contribution in [0.5, 0.6) is 5.75 Å². The van der Waals surface area contributed by atoms with Gasteiger partial charge in [-0.2, -0.15) is 0 Å². The quantitative estimate of drug-likeness (QED) is 0.433. The third-order valence-corrected chi connectivity index (χ3v) is 7.72. The molecule has 1 heterocycles. The molecule has 3 rings (SSSR count). The third kappa shape index (κ3) is 8.91. The number of benzene rings is 2. The summed E-state index contributed by atoms with van der Waals surface area (Å²) in [6.07, 6.45) is -5.23. The van der Waals surface area contributed by atoms with Crippen molar-refractivity contribution in [3.8, 4) is 5.75 Å². The number of sulfonamides is 1. The molecular weight excluding hydrogens is 575 g/mol. The number of carbonyl (C=O) groups is 2. The van der Waals surface area contributed by atoms with Crippen LogP contribution in [0.4, 0.5) is 23.7 Å². The van der Waals surface area contributed by atoms with Gasteiger partial charge in [-0.05, 0) is 63.9 Å². The van der Waals surface area contributed by atoms with E-state index in [1.54, 1.807) is 43.9 Å². The molecule has 0 spiro atoms. The van der Waals surface area contributed by atoms with E-state index >= 15 is 0 Å². The SMILES string of the molecule is CCS(=O)(=O)N(Cc1cccc(Cl)c1)C(=O)c1cc(OC(F)(F)F)cc(N2CCC(NC(=O)OC(C)(C)C)C2)c1. The number of rotatable bonds is 8. The predicted molar refractivity (Wildman–Crippen MR) is 144 cm³/mol. The lowest BCUT2D eigenvalue weighted by atomic mass is 10.1. The zero-order valence-electron chi connectivity index (χ0n) is 22.4. The van der Waals surface area contributed by atoms with Crippen molar-refractivity contribution >= 4 is 39.3 Å². The molecule has 40 heavy (non-hydrogen) atoms. The summed E-state index contributed by atoms with van der Waals surface area (Å²) in [7, 11) is -4.13. The molecule has 1 fully saturated rings. The minimum Gasteiger partial charge on any atom is -0.444 e. The summed E-state index contributed by atoms with van der Waals surface area (Å²) in [6, 6.07) is 9.12. The number of alkyl halides is 3. The Hall–Kier alpha value is -3.19. The van der Waals surface area contributed by atoms with E-state index in [-0.39, 0.29) is 30.4 Å². The molecule has 0 aromatic heterocycles. The van der Waals surface area contributed by atoms with E-state index in [9.17, 15) is 31.2 Å². The van der Waals surface area contributed by atoms with Crippen LogP contribution in [0, 0.1) is 0 Å². The molecule has 220 valence electrons. The van der Waals surface area contributed by atoms with Crippen molar-refractivity contribution in [2.24, 2.45) is 0 Å². The Morgan fingerprint density at radius 3 is 2.45 bits per heavy atom. The molecule has 1 aliphatic heterocycles. The van der Waals surface area contributed by atoms with Crippen LogP contribution in [0.1, 0.15) is 50.0 Å². The van der Waals surface area contributed by atoms with Crippen LogP contribution in [-0.2, 0) is 21.3 Å². The highest BCUT2D eigenvalue weighted by atomic mass is 35.5. The highest BCUT2D eigenvalue weighted by Gasteiger charge is 2.34. The lowest BCUT2D eigenvalue weighted by molar-refractivity contribution is -0.274. The summed E-state index contributed by atoms with van der Waals surface area (Å²) in [6.45, 7) is 6.67. The maximum absolute atomic E-state index is 13.6. The van der Waals surface area contributed by atoms with Crippen molar-refractivity contribution in [3.05, 3.63) is 58.6 Å². The van der Waals surface area contributed by atoms with Gasteiger partial charge in [-0.3, -0.25) is 4.79 Å². The highest BCUT2D eigenvalue weighted by molar-refractivity contribution is 7.89. The number of nitrogens with zero attached hydrogens (tertiary/aromatic N) is 2. The molecule has 2 aromatic rings. The summed E-state index contributed by atoms with van der Waals surface area (Å²) in [5.41, 5.74) is -0.428. The predicted octanol–water partition coefficient (Wildman–Crippen LogP) is 5.33. The van der Waals surface area contributed by atoms with Crippen molar-refractivity contribution in [1.82, 2.24) is 9.62 Å². The second kappa shape index (κ2) is 12.1. The monoisotopic (exact) mass is 605 g/mol. The number of nitrogens with one attached hydrogen (secondary N) is 1. The van der Waals surface area contributed by atoms with Gasteiger partial charge < -0.3 is 19.7 Å². The molecule has 1 saturated heterocycles. The highest BCUT2D eigenvalue weighted by Crippen LogP contribution is 2.32. The molecule has 0 radical (unpaired) electrons. The van der Waals surface area contributed by atoms with Crippen molar-refractivity contribution in [1.29, 1.82) is 0 Å². The topological polar surface area (TPSA) is 105 Å². The van der Waals surface area contributed by atoms with Crippen LogP contribution in [0.15, 0.2) is 42.5 Å². The molecular formula is C26H31ClF3N3O6S. The molecule has 0 bridgehead atoms. The Labute approximate surface area is 236 Å². The maximum Gasteiger partial charge on any atom is 0.573 e. The molecule has 1 N–H and O–H groups in total. The van der Waals surface area contributed by atoms with Crippen molar-refractivity contribution in [2.75, 3.05) is 23.7 Å². The number of hydrogen-bond acceptors (Lipinski definition) is 7. The average molecular weight is 606 g/mol. The van der Waals surface area contributed by atoms with E-state index in [0.717, 1.165) is 12.1 Å². The molecule has 9 nitrogen and oxygen atoms in total. The second-order valence-corrected chi connectivity index (χ2v) is 12.8. The smallest absolute Gasteiger partial charge is 0.444 e. The zero-order chi connectivity index (χ0) is 29.9. The number of halogens is 4. The van der Waals surface area contributed by atoms with Crippen LogP contribution >= 0.6 is 11.6 Å². The van der Waals surface area contributed by atoms with E-state index in [1.807, 2.05) is 0 Å². The average Bonchev–Trinajstić information content (AvgIpc) is 3.28. The van der Waals surface area contributed by atoms with E-state index in [4.69, 9.17) is 16.3 Å². The summed E-state index contributed by atoms with van der Waals surface area (Å²) in [5, 5.41) is 3.05. The van der Waals surface area contributed by atoms with Gasteiger partial charge in [0.05, 0.1) is 18.3 Å². The number of hydrogen-bond donors (Lipinski definition) is 1. The van der Waals surface area contributed by atoms with Gasteiger partial charge in [0.1, 0.15) is 11.4 Å². The lowest BCUT2D eigenvalue weighted by Gasteiger charge is -2.25. The van der Waals surface area contributed by atoms with Crippen molar-refractivity contribution in [3.63, 3.8) is 0 Å². The lowest BCUT2D eigenvalue weighted by Crippen LogP contribution is -2.40. The minimum absolute atomic E-state index is 0.190. The van der Waals surface area contributed by atoms with Crippen LogP contribution in [0.25, 0.3) is 0 Å². The van der Waals surface area contributed by atoms with Crippen LogP contribution in [0.3, 0.4) is 0 Å². The molecule has 2 aromatic carbocycles. The summed E-state index contributed by atoms with van der Waals surface area (Å²) in [4.78, 5) is 27.4. The van der Waals surface area contributed by atoms with Gasteiger partial charge in [-0.1, -0.05) is 23.7 Å². The fourth-order valence-corrected chi connectivity index (χ4v) is 5.29.